The van der Waals surface area contributed by atoms with Gasteiger partial charge in [0.25, 0.3) is 0 Å². The molecular formula is C15H16N4O. The first-order chi connectivity index (χ1) is 9.58. The van der Waals surface area contributed by atoms with Gasteiger partial charge in [0, 0.05) is 18.8 Å². The van der Waals surface area contributed by atoms with Gasteiger partial charge in [-0.15, -0.1) is 0 Å². The lowest BCUT2D eigenvalue weighted by molar-refractivity contribution is 0.411. The molecule has 0 radical (unpaired) electrons. The molecule has 1 heterocycles. The maximum absolute atomic E-state index is 8.91. The number of nitriles is 1. The van der Waals surface area contributed by atoms with Crippen molar-refractivity contribution in [1.82, 2.24) is 9.97 Å². The zero-order valence-electron chi connectivity index (χ0n) is 12.0. The molecule has 0 aliphatic rings. The van der Waals surface area contributed by atoms with E-state index in [1.807, 2.05) is 44.0 Å². The molecule has 0 aliphatic heterocycles. The van der Waals surface area contributed by atoms with Gasteiger partial charge in [-0.2, -0.15) is 5.26 Å². The second kappa shape index (κ2) is 5.57. The van der Waals surface area contributed by atoms with Gasteiger partial charge in [-0.3, -0.25) is 0 Å². The van der Waals surface area contributed by atoms with Crippen LogP contribution >= 0.6 is 0 Å². The van der Waals surface area contributed by atoms with E-state index in [1.165, 1.54) is 6.33 Å². The topological polar surface area (TPSA) is 62.0 Å². The summed E-state index contributed by atoms with van der Waals surface area (Å²) in [4.78, 5) is 10.0. The Morgan fingerprint density at radius 3 is 2.60 bits per heavy atom. The van der Waals surface area contributed by atoms with Crippen LogP contribution in [0.5, 0.6) is 5.75 Å². The van der Waals surface area contributed by atoms with Gasteiger partial charge in [-0.05, 0) is 37.1 Å². The Bertz CT molecular complexity index is 676. The summed E-state index contributed by atoms with van der Waals surface area (Å²) in [5.41, 5.74) is 3.58. The van der Waals surface area contributed by atoms with E-state index in [-0.39, 0.29) is 0 Å². The van der Waals surface area contributed by atoms with E-state index in [2.05, 4.69) is 9.97 Å². The Balaban J connectivity index is 2.46. The SMILES string of the molecule is COc1ccc(N(C)c2cc(C#N)ncn2)c(C)c1C. The molecule has 2 aromatic rings. The van der Waals surface area contributed by atoms with Crippen LogP contribution in [0.3, 0.4) is 0 Å². The molecule has 20 heavy (non-hydrogen) atoms. The molecule has 0 N–H and O–H groups in total. The van der Waals surface area contributed by atoms with Crippen molar-refractivity contribution in [2.45, 2.75) is 13.8 Å². The van der Waals surface area contributed by atoms with Crippen molar-refractivity contribution in [2.24, 2.45) is 0 Å². The minimum atomic E-state index is 0.352. The number of anilines is 2. The highest BCUT2D eigenvalue weighted by atomic mass is 16.5. The Hall–Kier alpha value is -2.61. The van der Waals surface area contributed by atoms with Crippen molar-refractivity contribution in [3.8, 4) is 11.8 Å². The lowest BCUT2D eigenvalue weighted by Crippen LogP contribution is -2.13. The molecule has 102 valence electrons. The van der Waals surface area contributed by atoms with Gasteiger partial charge in [0.2, 0.25) is 0 Å². The molecular weight excluding hydrogens is 252 g/mol. The summed E-state index contributed by atoms with van der Waals surface area (Å²) in [7, 11) is 3.58. The average Bonchev–Trinajstić information content (AvgIpc) is 2.49. The predicted octanol–water partition coefficient (Wildman–Crippen LogP) is 2.74. The highest BCUT2D eigenvalue weighted by Gasteiger charge is 2.13. The second-order valence-corrected chi connectivity index (χ2v) is 4.47. The Labute approximate surface area is 118 Å². The molecule has 1 aromatic heterocycles. The van der Waals surface area contributed by atoms with E-state index >= 15 is 0 Å². The summed E-state index contributed by atoms with van der Waals surface area (Å²) in [5, 5.41) is 8.91. The highest BCUT2D eigenvalue weighted by Crippen LogP contribution is 2.32. The van der Waals surface area contributed by atoms with E-state index in [0.717, 1.165) is 22.6 Å². The number of nitrogens with zero attached hydrogens (tertiary/aromatic N) is 4. The van der Waals surface area contributed by atoms with Crippen LogP contribution in [0, 0.1) is 25.2 Å². The summed E-state index contributed by atoms with van der Waals surface area (Å²) in [6, 6.07) is 7.60. The van der Waals surface area contributed by atoms with Crippen LogP contribution in [-0.4, -0.2) is 24.1 Å². The van der Waals surface area contributed by atoms with Crippen LogP contribution in [0.15, 0.2) is 24.5 Å². The normalized spacial score (nSPS) is 9.95. The largest absolute Gasteiger partial charge is 0.496 e. The molecule has 0 spiro atoms. The summed E-state index contributed by atoms with van der Waals surface area (Å²) in [6.45, 7) is 4.06. The third-order valence-corrected chi connectivity index (χ3v) is 3.40. The first-order valence-electron chi connectivity index (χ1n) is 6.18. The number of aromatic nitrogens is 2. The van der Waals surface area contributed by atoms with Gasteiger partial charge in [0.1, 0.15) is 29.7 Å². The average molecular weight is 268 g/mol. The first-order valence-corrected chi connectivity index (χ1v) is 6.18. The van der Waals surface area contributed by atoms with Crippen LogP contribution in [0.1, 0.15) is 16.8 Å². The summed E-state index contributed by atoms with van der Waals surface area (Å²) >= 11 is 0. The zero-order valence-corrected chi connectivity index (χ0v) is 12.0. The third-order valence-electron chi connectivity index (χ3n) is 3.40. The van der Waals surface area contributed by atoms with Gasteiger partial charge in [-0.25, -0.2) is 9.97 Å². The maximum atomic E-state index is 8.91. The molecule has 0 aliphatic carbocycles. The van der Waals surface area contributed by atoms with E-state index in [9.17, 15) is 0 Å². The molecule has 0 atom stereocenters. The van der Waals surface area contributed by atoms with Crippen molar-refractivity contribution in [2.75, 3.05) is 19.1 Å². The standard InChI is InChI=1S/C15H16N4O/c1-10-11(2)14(20-4)6-5-13(10)19(3)15-7-12(8-16)17-9-18-15/h5-7,9H,1-4H3. The molecule has 0 saturated heterocycles. The smallest absolute Gasteiger partial charge is 0.145 e. The molecule has 1 aromatic carbocycles. The van der Waals surface area contributed by atoms with Crippen molar-refractivity contribution in [3.05, 3.63) is 41.3 Å². The fraction of sp³-hybridized carbons (Fsp3) is 0.267. The summed E-state index contributed by atoms with van der Waals surface area (Å²) in [5.74, 6) is 1.55. The lowest BCUT2D eigenvalue weighted by atomic mass is 10.1. The number of hydrogen-bond donors (Lipinski definition) is 0. The predicted molar refractivity (Wildman–Crippen MR) is 77.3 cm³/mol. The van der Waals surface area contributed by atoms with Gasteiger partial charge in [0.05, 0.1) is 7.11 Å². The maximum Gasteiger partial charge on any atom is 0.145 e. The number of rotatable bonds is 3. The van der Waals surface area contributed by atoms with E-state index in [4.69, 9.17) is 10.00 Å². The molecule has 0 fully saturated rings. The third kappa shape index (κ3) is 2.41. The molecule has 0 unspecified atom stereocenters. The van der Waals surface area contributed by atoms with Crippen molar-refractivity contribution in [3.63, 3.8) is 0 Å². The van der Waals surface area contributed by atoms with E-state index in [0.29, 0.717) is 11.5 Å². The summed E-state index contributed by atoms with van der Waals surface area (Å²) < 4.78 is 5.32. The van der Waals surface area contributed by atoms with Gasteiger partial charge >= 0.3 is 0 Å². The molecule has 0 bridgehead atoms. The van der Waals surface area contributed by atoms with Gasteiger partial charge in [0.15, 0.2) is 0 Å². The quantitative estimate of drug-likeness (QED) is 0.856. The number of ether oxygens (including phenoxy) is 1. The molecule has 0 saturated carbocycles. The lowest BCUT2D eigenvalue weighted by Gasteiger charge is -2.22. The van der Waals surface area contributed by atoms with Crippen LogP contribution in [0.4, 0.5) is 11.5 Å². The number of benzene rings is 1. The van der Waals surface area contributed by atoms with Crippen molar-refractivity contribution >= 4 is 11.5 Å². The Morgan fingerprint density at radius 1 is 1.20 bits per heavy atom. The van der Waals surface area contributed by atoms with Crippen LogP contribution in [0.25, 0.3) is 0 Å². The van der Waals surface area contributed by atoms with Crippen molar-refractivity contribution < 1.29 is 4.74 Å². The van der Waals surface area contributed by atoms with Gasteiger partial charge in [-0.1, -0.05) is 0 Å². The summed E-state index contributed by atoms with van der Waals surface area (Å²) in [6.07, 6.45) is 1.40. The number of hydrogen-bond acceptors (Lipinski definition) is 5. The minimum Gasteiger partial charge on any atom is -0.496 e. The fourth-order valence-corrected chi connectivity index (χ4v) is 2.08. The molecule has 5 heteroatoms. The number of methoxy groups -OCH3 is 1. The Kier molecular flexibility index (Phi) is 3.85. The van der Waals surface area contributed by atoms with Gasteiger partial charge < -0.3 is 9.64 Å². The molecule has 5 nitrogen and oxygen atoms in total. The fourth-order valence-electron chi connectivity index (χ4n) is 2.08. The van der Waals surface area contributed by atoms with Crippen LogP contribution < -0.4 is 9.64 Å². The molecule has 2 rings (SSSR count). The van der Waals surface area contributed by atoms with Crippen LogP contribution in [0.2, 0.25) is 0 Å². The van der Waals surface area contributed by atoms with E-state index in [1.54, 1.807) is 13.2 Å². The minimum absolute atomic E-state index is 0.352. The van der Waals surface area contributed by atoms with Crippen molar-refractivity contribution in [1.29, 1.82) is 5.26 Å². The molecule has 0 amide bonds. The second-order valence-electron chi connectivity index (χ2n) is 4.47. The zero-order chi connectivity index (χ0) is 14.7. The van der Waals surface area contributed by atoms with Crippen LogP contribution in [-0.2, 0) is 0 Å². The first kappa shape index (κ1) is 13.8. The van der Waals surface area contributed by atoms with E-state index < -0.39 is 0 Å². The highest BCUT2D eigenvalue weighted by molar-refractivity contribution is 5.66. The Morgan fingerprint density at radius 2 is 1.95 bits per heavy atom. The monoisotopic (exact) mass is 268 g/mol.